The van der Waals surface area contributed by atoms with Gasteiger partial charge in [0.25, 0.3) is 5.92 Å². The Bertz CT molecular complexity index is 754. The minimum absolute atomic E-state index is 0.113. The molecule has 2 unspecified atom stereocenters. The van der Waals surface area contributed by atoms with Gasteiger partial charge in [0.1, 0.15) is 11.6 Å². The number of amides is 3. The van der Waals surface area contributed by atoms with Gasteiger partial charge in [0.2, 0.25) is 17.7 Å². The van der Waals surface area contributed by atoms with Crippen molar-refractivity contribution in [3.05, 3.63) is 0 Å². The average Bonchev–Trinajstić information content (AvgIpc) is 2.60. The first kappa shape index (κ1) is 23.5. The third kappa shape index (κ3) is 5.76. The number of nitrogens with one attached hydrogen (secondary N) is 1. The Morgan fingerprint density at radius 1 is 1.16 bits per heavy atom. The van der Waals surface area contributed by atoms with Gasteiger partial charge in [-0.3, -0.25) is 34.3 Å². The van der Waals surface area contributed by atoms with Crippen molar-refractivity contribution in [3.63, 3.8) is 0 Å². The van der Waals surface area contributed by atoms with Gasteiger partial charge in [-0.15, -0.1) is 0 Å². The molecule has 9 nitrogen and oxygen atoms in total. The summed E-state index contributed by atoms with van der Waals surface area (Å²) in [7, 11) is 0. The second kappa shape index (κ2) is 8.78. The number of alkyl halides is 2. The first-order chi connectivity index (χ1) is 14.4. The summed E-state index contributed by atoms with van der Waals surface area (Å²) in [5.41, 5.74) is -0.680. The lowest BCUT2D eigenvalue weighted by atomic mass is 9.97. The van der Waals surface area contributed by atoms with Gasteiger partial charge in [-0.2, -0.15) is 0 Å². The minimum atomic E-state index is -3.10. The van der Waals surface area contributed by atoms with Crippen molar-refractivity contribution in [2.75, 3.05) is 39.3 Å². The number of hydrogen-bond acceptors (Lipinski definition) is 7. The van der Waals surface area contributed by atoms with Crippen molar-refractivity contribution in [1.82, 2.24) is 20.0 Å². The maximum Gasteiger partial charge on any atom is 0.320 e. The van der Waals surface area contributed by atoms with Gasteiger partial charge in [0.15, 0.2) is 0 Å². The minimum Gasteiger partial charge on any atom is -0.459 e. The highest BCUT2D eigenvalue weighted by Crippen LogP contribution is 2.32. The smallest absolute Gasteiger partial charge is 0.320 e. The van der Waals surface area contributed by atoms with Crippen molar-refractivity contribution >= 4 is 23.7 Å². The van der Waals surface area contributed by atoms with Crippen molar-refractivity contribution in [2.24, 2.45) is 0 Å². The molecule has 0 aromatic heterocycles. The molecule has 0 radical (unpaired) electrons. The second-order valence-corrected chi connectivity index (χ2v) is 9.39. The fourth-order valence-corrected chi connectivity index (χ4v) is 4.42. The van der Waals surface area contributed by atoms with Crippen LogP contribution in [0.15, 0.2) is 0 Å². The Hall–Kier alpha value is -2.14. The molecule has 3 heterocycles. The van der Waals surface area contributed by atoms with Crippen molar-refractivity contribution in [1.29, 1.82) is 0 Å². The van der Waals surface area contributed by atoms with Crippen LogP contribution in [-0.2, 0) is 23.9 Å². The summed E-state index contributed by atoms with van der Waals surface area (Å²) in [5, 5.41) is 2.22. The van der Waals surface area contributed by atoms with Crippen LogP contribution in [0, 0.1) is 0 Å². The number of rotatable bonds is 4. The number of carbonyl (C=O) groups excluding carboxylic acids is 4. The molecule has 3 fully saturated rings. The Morgan fingerprint density at radius 3 is 2.45 bits per heavy atom. The summed E-state index contributed by atoms with van der Waals surface area (Å²) >= 11 is 0. The summed E-state index contributed by atoms with van der Waals surface area (Å²) in [5.74, 6) is -4.93. The lowest BCUT2D eigenvalue weighted by Crippen LogP contribution is -2.65. The Morgan fingerprint density at radius 2 is 1.87 bits per heavy atom. The van der Waals surface area contributed by atoms with E-state index in [0.717, 1.165) is 0 Å². The Labute approximate surface area is 180 Å². The quantitative estimate of drug-likeness (QED) is 0.481. The highest BCUT2D eigenvalue weighted by molar-refractivity contribution is 6.01. The van der Waals surface area contributed by atoms with Gasteiger partial charge in [0.05, 0.1) is 25.7 Å². The standard InChI is InChI=1S/C20H30F2N4O5/c1-19(2,3)31-17(29)11-24-7-6-14(20(21,22)12-24)25-8-9-26(16(28)10-25)13-4-5-15(27)23-18(13)30/h13-14H,4-12H2,1-3H3,(H,23,27,30). The van der Waals surface area contributed by atoms with Crippen LogP contribution in [0.2, 0.25) is 0 Å². The molecule has 3 aliphatic heterocycles. The van der Waals surface area contributed by atoms with Crippen LogP contribution in [0.25, 0.3) is 0 Å². The SMILES string of the molecule is CC(C)(C)OC(=O)CN1CCC(N2CCN(C3CCC(=O)NC3=O)C(=O)C2)C(F)(F)C1. The molecular weight excluding hydrogens is 414 g/mol. The number of esters is 1. The monoisotopic (exact) mass is 444 g/mol. The van der Waals surface area contributed by atoms with Gasteiger partial charge in [0, 0.05) is 26.1 Å². The van der Waals surface area contributed by atoms with Crippen LogP contribution in [0.1, 0.15) is 40.0 Å². The first-order valence-corrected chi connectivity index (χ1v) is 10.5. The average molecular weight is 444 g/mol. The van der Waals surface area contributed by atoms with Gasteiger partial charge < -0.3 is 9.64 Å². The Kier molecular flexibility index (Phi) is 6.66. The molecule has 3 saturated heterocycles. The van der Waals surface area contributed by atoms with Crippen molar-refractivity contribution < 1.29 is 32.7 Å². The molecular formula is C20H30F2N4O5. The van der Waals surface area contributed by atoms with Crippen LogP contribution >= 0.6 is 0 Å². The summed E-state index contributed by atoms with van der Waals surface area (Å²) in [4.78, 5) is 52.2. The van der Waals surface area contributed by atoms with Crippen LogP contribution < -0.4 is 5.32 Å². The fourth-order valence-electron chi connectivity index (χ4n) is 4.42. The van der Waals surface area contributed by atoms with E-state index in [2.05, 4.69) is 5.32 Å². The number of halogens is 2. The van der Waals surface area contributed by atoms with E-state index in [1.165, 1.54) is 14.7 Å². The van der Waals surface area contributed by atoms with Crippen molar-refractivity contribution in [3.8, 4) is 0 Å². The third-order valence-electron chi connectivity index (χ3n) is 5.73. The molecule has 1 N–H and O–H groups in total. The van der Waals surface area contributed by atoms with Crippen LogP contribution in [-0.4, -0.2) is 101 Å². The van der Waals surface area contributed by atoms with Gasteiger partial charge >= 0.3 is 5.97 Å². The highest BCUT2D eigenvalue weighted by atomic mass is 19.3. The number of ether oxygens (including phenoxy) is 1. The summed E-state index contributed by atoms with van der Waals surface area (Å²) in [6.07, 6.45) is 0.509. The molecule has 0 saturated carbocycles. The van der Waals surface area contributed by atoms with Crippen LogP contribution in [0.5, 0.6) is 0 Å². The number of hydrogen-bond donors (Lipinski definition) is 1. The lowest BCUT2D eigenvalue weighted by Gasteiger charge is -2.47. The number of piperidine rings is 2. The van der Waals surface area contributed by atoms with Gasteiger partial charge in [-0.05, 0) is 33.6 Å². The number of carbonyl (C=O) groups is 4. The van der Waals surface area contributed by atoms with E-state index in [1.54, 1.807) is 20.8 Å². The maximum absolute atomic E-state index is 14.9. The fraction of sp³-hybridized carbons (Fsp3) is 0.800. The molecule has 3 aliphatic rings. The molecule has 0 aromatic rings. The van der Waals surface area contributed by atoms with Crippen LogP contribution in [0.4, 0.5) is 8.78 Å². The largest absolute Gasteiger partial charge is 0.459 e. The first-order valence-electron chi connectivity index (χ1n) is 10.5. The molecule has 3 amide bonds. The molecule has 0 aliphatic carbocycles. The molecule has 174 valence electrons. The van der Waals surface area contributed by atoms with Crippen molar-refractivity contribution in [2.45, 2.75) is 63.6 Å². The summed E-state index contributed by atoms with van der Waals surface area (Å²) < 4.78 is 35.0. The molecule has 11 heteroatoms. The molecule has 31 heavy (non-hydrogen) atoms. The maximum atomic E-state index is 14.9. The normalized spacial score (nSPS) is 28.4. The second-order valence-electron chi connectivity index (χ2n) is 9.39. The lowest BCUT2D eigenvalue weighted by molar-refractivity contribution is -0.166. The predicted molar refractivity (Wildman–Crippen MR) is 105 cm³/mol. The zero-order chi connectivity index (χ0) is 23.0. The van der Waals surface area contributed by atoms with E-state index in [1.807, 2.05) is 0 Å². The van der Waals surface area contributed by atoms with E-state index in [-0.39, 0.29) is 51.3 Å². The summed E-state index contributed by atoms with van der Waals surface area (Å²) in [6, 6.07) is -1.85. The summed E-state index contributed by atoms with van der Waals surface area (Å²) in [6.45, 7) is 4.83. The molecule has 0 aromatic carbocycles. The number of imide groups is 1. The van der Waals surface area contributed by atoms with Gasteiger partial charge in [-0.1, -0.05) is 0 Å². The zero-order valence-electron chi connectivity index (χ0n) is 18.2. The number of nitrogens with zero attached hydrogens (tertiary/aromatic N) is 3. The highest BCUT2D eigenvalue weighted by Gasteiger charge is 2.49. The van der Waals surface area contributed by atoms with E-state index in [9.17, 15) is 28.0 Å². The molecule has 2 atom stereocenters. The molecule has 0 spiro atoms. The molecule has 3 rings (SSSR count). The molecule has 0 bridgehead atoms. The topological polar surface area (TPSA) is 99.3 Å². The number of piperazine rings is 1. The van der Waals surface area contributed by atoms with E-state index in [4.69, 9.17) is 4.74 Å². The number of likely N-dealkylation sites (tertiary alicyclic amines) is 1. The van der Waals surface area contributed by atoms with E-state index in [0.29, 0.717) is 6.54 Å². The van der Waals surface area contributed by atoms with Gasteiger partial charge in [-0.25, -0.2) is 8.78 Å². The third-order valence-corrected chi connectivity index (χ3v) is 5.73. The van der Waals surface area contributed by atoms with Crippen LogP contribution in [0.3, 0.4) is 0 Å². The zero-order valence-corrected chi connectivity index (χ0v) is 18.2. The van der Waals surface area contributed by atoms with E-state index < -0.39 is 47.9 Å². The predicted octanol–water partition coefficient (Wildman–Crippen LogP) is -0.0129. The Balaban J connectivity index is 1.56. The van der Waals surface area contributed by atoms with E-state index >= 15 is 0 Å².